The van der Waals surface area contributed by atoms with E-state index in [1.54, 1.807) is 0 Å². The van der Waals surface area contributed by atoms with Crippen LogP contribution in [0.1, 0.15) is 76.0 Å². The Morgan fingerprint density at radius 3 is 2.19 bits per heavy atom. The van der Waals surface area contributed by atoms with Crippen molar-refractivity contribution in [3.63, 3.8) is 0 Å². The summed E-state index contributed by atoms with van der Waals surface area (Å²) in [6.07, 6.45) is 6.34. The molecule has 0 bridgehead atoms. The van der Waals surface area contributed by atoms with Gasteiger partial charge in [-0.05, 0) is 35.3 Å². The Morgan fingerprint density at radius 1 is 1.05 bits per heavy atom. The van der Waals surface area contributed by atoms with Gasteiger partial charge in [0.05, 0.1) is 6.10 Å². The van der Waals surface area contributed by atoms with E-state index in [1.807, 2.05) is 0 Å². The minimum Gasteiger partial charge on any atom is -0.387 e. The summed E-state index contributed by atoms with van der Waals surface area (Å²) in [5.41, 5.74) is 2.77. The molecule has 0 spiro atoms. The Kier molecular flexibility index (Phi) is 5.83. The Hall–Kier alpha value is -0.860. The van der Waals surface area contributed by atoms with E-state index in [2.05, 4.69) is 50.4 Å². The topological polar surface area (TPSA) is 32.3 Å². The Morgan fingerprint density at radius 2 is 1.62 bits per heavy atom. The fourth-order valence-corrected chi connectivity index (χ4v) is 3.31. The summed E-state index contributed by atoms with van der Waals surface area (Å²) in [7, 11) is 0. The van der Waals surface area contributed by atoms with Gasteiger partial charge < -0.3 is 10.4 Å². The number of aliphatic hydroxyl groups excluding tert-OH is 1. The van der Waals surface area contributed by atoms with Crippen LogP contribution in [0.3, 0.4) is 0 Å². The van der Waals surface area contributed by atoms with Crippen LogP contribution in [0.5, 0.6) is 0 Å². The van der Waals surface area contributed by atoms with Crippen molar-refractivity contribution in [2.75, 3.05) is 13.1 Å². The summed E-state index contributed by atoms with van der Waals surface area (Å²) in [5.74, 6) is 0.542. The molecular formula is C19H31NO. The van der Waals surface area contributed by atoms with Crippen molar-refractivity contribution < 1.29 is 5.11 Å². The molecule has 1 atom stereocenters. The van der Waals surface area contributed by atoms with E-state index in [-0.39, 0.29) is 0 Å². The molecule has 1 aliphatic carbocycles. The van der Waals surface area contributed by atoms with Crippen LogP contribution in [0.25, 0.3) is 0 Å². The van der Waals surface area contributed by atoms with Crippen molar-refractivity contribution in [1.82, 2.24) is 5.32 Å². The molecule has 0 aliphatic heterocycles. The van der Waals surface area contributed by atoms with Gasteiger partial charge in [-0.2, -0.15) is 0 Å². The van der Waals surface area contributed by atoms with Crippen molar-refractivity contribution in [3.8, 4) is 0 Å². The number of hydrogen-bond acceptors (Lipinski definition) is 2. The lowest BCUT2D eigenvalue weighted by atomic mass is 9.76. The summed E-state index contributed by atoms with van der Waals surface area (Å²) in [4.78, 5) is 0. The number of nitrogens with one attached hydrogen (secondary N) is 1. The van der Waals surface area contributed by atoms with Crippen LogP contribution in [-0.4, -0.2) is 18.2 Å². The van der Waals surface area contributed by atoms with E-state index >= 15 is 0 Å². The van der Waals surface area contributed by atoms with Gasteiger partial charge in [0.25, 0.3) is 0 Å². The maximum atomic E-state index is 10.3. The predicted octanol–water partition coefficient (Wildman–Crippen LogP) is 4.40. The van der Waals surface area contributed by atoms with Gasteiger partial charge in [0.1, 0.15) is 0 Å². The molecule has 1 aliphatic rings. The minimum atomic E-state index is -0.404. The molecule has 1 unspecified atom stereocenters. The lowest BCUT2D eigenvalue weighted by Crippen LogP contribution is -2.35. The van der Waals surface area contributed by atoms with Crippen LogP contribution in [0.15, 0.2) is 24.3 Å². The second-order valence-corrected chi connectivity index (χ2v) is 7.34. The lowest BCUT2D eigenvalue weighted by molar-refractivity contribution is 0.155. The second kappa shape index (κ2) is 7.42. The molecule has 0 aromatic heterocycles. The van der Waals surface area contributed by atoms with Crippen molar-refractivity contribution in [3.05, 3.63) is 35.4 Å². The van der Waals surface area contributed by atoms with Gasteiger partial charge in [0.2, 0.25) is 0 Å². The zero-order chi connectivity index (χ0) is 15.3. The largest absolute Gasteiger partial charge is 0.387 e. The molecule has 1 aromatic carbocycles. The smallest absolute Gasteiger partial charge is 0.0914 e. The Bertz CT molecular complexity index is 418. The third kappa shape index (κ3) is 4.82. The third-order valence-electron chi connectivity index (χ3n) is 4.94. The SMILES string of the molecule is CC(C)c1ccc(C(O)CNCC2(C)CCCCC2)cc1. The summed E-state index contributed by atoms with van der Waals surface area (Å²) < 4.78 is 0. The predicted molar refractivity (Wildman–Crippen MR) is 89.6 cm³/mol. The monoisotopic (exact) mass is 289 g/mol. The van der Waals surface area contributed by atoms with Crippen LogP contribution in [-0.2, 0) is 0 Å². The van der Waals surface area contributed by atoms with E-state index in [0.29, 0.717) is 17.9 Å². The second-order valence-electron chi connectivity index (χ2n) is 7.34. The van der Waals surface area contributed by atoms with E-state index in [9.17, 15) is 5.11 Å². The summed E-state index contributed by atoms with van der Waals surface area (Å²) in [5, 5.41) is 13.8. The van der Waals surface area contributed by atoms with E-state index < -0.39 is 6.10 Å². The summed E-state index contributed by atoms with van der Waals surface area (Å²) in [6, 6.07) is 8.38. The molecule has 1 fully saturated rings. The van der Waals surface area contributed by atoms with Crippen LogP contribution >= 0.6 is 0 Å². The van der Waals surface area contributed by atoms with Gasteiger partial charge in [0, 0.05) is 13.1 Å². The fourth-order valence-electron chi connectivity index (χ4n) is 3.31. The number of benzene rings is 1. The molecule has 0 radical (unpaired) electrons. The van der Waals surface area contributed by atoms with E-state index in [1.165, 1.54) is 37.7 Å². The maximum absolute atomic E-state index is 10.3. The number of hydrogen-bond donors (Lipinski definition) is 2. The standard InChI is InChI=1S/C19H31NO/c1-15(2)16-7-9-17(10-8-16)18(21)13-20-14-19(3)11-5-4-6-12-19/h7-10,15,18,20-21H,4-6,11-14H2,1-3H3. The molecule has 0 saturated heterocycles. The van der Waals surface area contributed by atoms with Gasteiger partial charge >= 0.3 is 0 Å². The molecule has 2 nitrogen and oxygen atoms in total. The molecule has 0 heterocycles. The van der Waals surface area contributed by atoms with Crippen LogP contribution in [0.4, 0.5) is 0 Å². The zero-order valence-electron chi connectivity index (χ0n) is 13.9. The quantitative estimate of drug-likeness (QED) is 0.813. The van der Waals surface area contributed by atoms with Crippen molar-refractivity contribution in [2.45, 2.75) is 64.9 Å². The maximum Gasteiger partial charge on any atom is 0.0914 e. The van der Waals surface area contributed by atoms with Crippen LogP contribution in [0, 0.1) is 5.41 Å². The first-order valence-electron chi connectivity index (χ1n) is 8.49. The first-order valence-corrected chi connectivity index (χ1v) is 8.49. The van der Waals surface area contributed by atoms with Gasteiger partial charge in [-0.15, -0.1) is 0 Å². The van der Waals surface area contributed by atoms with Crippen LogP contribution < -0.4 is 5.32 Å². The number of rotatable bonds is 6. The van der Waals surface area contributed by atoms with E-state index in [0.717, 1.165) is 12.1 Å². The average Bonchev–Trinajstić information content (AvgIpc) is 2.48. The molecule has 2 N–H and O–H groups in total. The van der Waals surface area contributed by atoms with Gasteiger partial charge in [-0.3, -0.25) is 0 Å². The van der Waals surface area contributed by atoms with E-state index in [4.69, 9.17) is 0 Å². The van der Waals surface area contributed by atoms with Gasteiger partial charge in [-0.25, -0.2) is 0 Å². The zero-order valence-corrected chi connectivity index (χ0v) is 13.9. The highest BCUT2D eigenvalue weighted by Gasteiger charge is 2.26. The average molecular weight is 289 g/mol. The fraction of sp³-hybridized carbons (Fsp3) is 0.684. The molecule has 1 saturated carbocycles. The first kappa shape index (κ1) is 16.5. The highest BCUT2D eigenvalue weighted by Crippen LogP contribution is 2.35. The third-order valence-corrected chi connectivity index (χ3v) is 4.94. The summed E-state index contributed by atoms with van der Waals surface area (Å²) >= 11 is 0. The first-order chi connectivity index (χ1) is 10.0. The molecule has 2 rings (SSSR count). The van der Waals surface area contributed by atoms with Gasteiger partial charge in [-0.1, -0.05) is 64.3 Å². The van der Waals surface area contributed by atoms with Gasteiger partial charge in [0.15, 0.2) is 0 Å². The minimum absolute atomic E-state index is 0.404. The molecular weight excluding hydrogens is 258 g/mol. The molecule has 1 aromatic rings. The number of aliphatic hydroxyl groups is 1. The Labute approximate surface area is 130 Å². The van der Waals surface area contributed by atoms with Crippen molar-refractivity contribution in [2.24, 2.45) is 5.41 Å². The van der Waals surface area contributed by atoms with Crippen molar-refractivity contribution in [1.29, 1.82) is 0 Å². The van der Waals surface area contributed by atoms with Crippen molar-refractivity contribution >= 4 is 0 Å². The highest BCUT2D eigenvalue weighted by atomic mass is 16.3. The molecule has 2 heteroatoms. The Balaban J connectivity index is 1.79. The highest BCUT2D eigenvalue weighted by molar-refractivity contribution is 5.26. The molecule has 21 heavy (non-hydrogen) atoms. The normalized spacial score (nSPS) is 19.7. The van der Waals surface area contributed by atoms with Crippen LogP contribution in [0.2, 0.25) is 0 Å². The summed E-state index contributed by atoms with van der Waals surface area (Å²) in [6.45, 7) is 8.43. The lowest BCUT2D eigenvalue weighted by Gasteiger charge is -2.34. The molecule has 0 amide bonds. The molecule has 118 valence electrons.